The van der Waals surface area contributed by atoms with E-state index in [1.165, 1.54) is 44.2 Å². The van der Waals surface area contributed by atoms with Gasteiger partial charge in [-0.3, -0.25) is 4.79 Å². The van der Waals surface area contributed by atoms with Gasteiger partial charge in [0.25, 0.3) is 5.91 Å². The molecule has 114 valence electrons. The van der Waals surface area contributed by atoms with Crippen molar-refractivity contribution < 1.29 is 14.7 Å². The normalized spacial score (nSPS) is 15.1. The van der Waals surface area contributed by atoms with E-state index in [2.05, 4.69) is 10.3 Å². The number of carboxylic acid groups (broad SMARTS) is 1. The lowest BCUT2D eigenvalue weighted by atomic mass is 10.0. The molecule has 1 aliphatic rings. The third-order valence-electron chi connectivity index (χ3n) is 4.10. The fourth-order valence-electron chi connectivity index (χ4n) is 2.90. The quantitative estimate of drug-likeness (QED) is 0.790. The summed E-state index contributed by atoms with van der Waals surface area (Å²) in [5, 5.41) is 11.8. The van der Waals surface area contributed by atoms with Crippen LogP contribution >= 0.6 is 0 Å². The molecule has 0 saturated heterocycles. The van der Waals surface area contributed by atoms with E-state index in [1.807, 2.05) is 0 Å². The summed E-state index contributed by atoms with van der Waals surface area (Å²) >= 11 is 0. The zero-order valence-electron chi connectivity index (χ0n) is 12.4. The second kappa shape index (κ2) is 7.20. The number of hydrogen-bond donors (Lipinski definition) is 2. The Balaban J connectivity index is 1.80. The monoisotopic (exact) mass is 290 g/mol. The summed E-state index contributed by atoms with van der Waals surface area (Å²) in [6.07, 6.45) is 7.50. The van der Waals surface area contributed by atoms with Gasteiger partial charge < -0.3 is 10.4 Å². The first-order chi connectivity index (χ1) is 10.1. The van der Waals surface area contributed by atoms with Crippen molar-refractivity contribution in [3.63, 3.8) is 0 Å². The Morgan fingerprint density at radius 2 is 2.05 bits per heavy atom. The highest BCUT2D eigenvalue weighted by molar-refractivity contribution is 5.94. The number of carbonyl (C=O) groups is 2. The van der Waals surface area contributed by atoms with Crippen LogP contribution in [0.15, 0.2) is 12.1 Å². The topological polar surface area (TPSA) is 79.3 Å². The van der Waals surface area contributed by atoms with Crippen molar-refractivity contribution >= 4 is 11.9 Å². The third kappa shape index (κ3) is 4.28. The fourth-order valence-corrected chi connectivity index (χ4v) is 2.90. The van der Waals surface area contributed by atoms with Crippen LogP contribution in [-0.4, -0.2) is 28.5 Å². The summed E-state index contributed by atoms with van der Waals surface area (Å²) in [4.78, 5) is 26.9. The van der Waals surface area contributed by atoms with E-state index in [0.29, 0.717) is 12.2 Å². The summed E-state index contributed by atoms with van der Waals surface area (Å²) < 4.78 is 0. The van der Waals surface area contributed by atoms with Gasteiger partial charge in [0.2, 0.25) is 0 Å². The van der Waals surface area contributed by atoms with Crippen molar-refractivity contribution in [3.8, 4) is 0 Å². The van der Waals surface area contributed by atoms with Gasteiger partial charge in [0.1, 0.15) is 5.69 Å². The lowest BCUT2D eigenvalue weighted by molar-refractivity contribution is 0.0694. The summed E-state index contributed by atoms with van der Waals surface area (Å²) in [5.41, 5.74) is 0.771. The molecule has 21 heavy (non-hydrogen) atoms. The molecule has 2 N–H and O–H groups in total. The first kappa shape index (κ1) is 15.5. The van der Waals surface area contributed by atoms with E-state index in [0.717, 1.165) is 12.3 Å². The van der Waals surface area contributed by atoms with E-state index in [1.54, 1.807) is 6.92 Å². The molecule has 2 rings (SSSR count). The highest BCUT2D eigenvalue weighted by Crippen LogP contribution is 2.28. The van der Waals surface area contributed by atoms with Gasteiger partial charge in [0, 0.05) is 6.54 Å². The standard InChI is InChI=1S/C16H22N2O3/c1-11-13(16(20)21)8-9-14(18-11)15(19)17-10-4-7-12-5-2-3-6-12/h8-9,12H,2-7,10H2,1H3,(H,17,19)(H,20,21). The molecule has 1 aliphatic carbocycles. The average Bonchev–Trinajstić information content (AvgIpc) is 2.96. The van der Waals surface area contributed by atoms with Gasteiger partial charge in [-0.25, -0.2) is 9.78 Å². The number of carboxylic acids is 1. The molecule has 1 aromatic heterocycles. The van der Waals surface area contributed by atoms with Crippen LogP contribution in [0.5, 0.6) is 0 Å². The summed E-state index contributed by atoms with van der Waals surface area (Å²) in [6.45, 7) is 2.25. The summed E-state index contributed by atoms with van der Waals surface area (Å²) in [7, 11) is 0. The van der Waals surface area contributed by atoms with Gasteiger partial charge in [0.05, 0.1) is 11.3 Å². The maximum atomic E-state index is 12.0. The first-order valence-electron chi connectivity index (χ1n) is 7.57. The van der Waals surface area contributed by atoms with Crippen LogP contribution in [-0.2, 0) is 0 Å². The maximum absolute atomic E-state index is 12.0. The van der Waals surface area contributed by atoms with Crippen molar-refractivity contribution in [2.45, 2.75) is 45.4 Å². The van der Waals surface area contributed by atoms with E-state index in [4.69, 9.17) is 5.11 Å². The minimum absolute atomic E-state index is 0.132. The highest BCUT2D eigenvalue weighted by atomic mass is 16.4. The van der Waals surface area contributed by atoms with Gasteiger partial charge in [-0.15, -0.1) is 0 Å². The van der Waals surface area contributed by atoms with E-state index in [-0.39, 0.29) is 17.2 Å². The number of amides is 1. The maximum Gasteiger partial charge on any atom is 0.337 e. The number of pyridine rings is 1. The van der Waals surface area contributed by atoms with Crippen LogP contribution in [0.2, 0.25) is 0 Å². The molecule has 0 aromatic carbocycles. The molecule has 1 saturated carbocycles. The predicted molar refractivity (Wildman–Crippen MR) is 79.5 cm³/mol. The molecule has 1 fully saturated rings. The number of nitrogens with zero attached hydrogens (tertiary/aromatic N) is 1. The lowest BCUT2D eigenvalue weighted by Gasteiger charge is -2.09. The van der Waals surface area contributed by atoms with Gasteiger partial charge in [-0.05, 0) is 37.8 Å². The Bertz CT molecular complexity index is 522. The molecule has 0 unspecified atom stereocenters. The predicted octanol–water partition coefficient (Wildman–Crippen LogP) is 2.79. The van der Waals surface area contributed by atoms with Crippen molar-refractivity contribution in [1.82, 2.24) is 10.3 Å². The number of nitrogens with one attached hydrogen (secondary N) is 1. The zero-order chi connectivity index (χ0) is 15.2. The van der Waals surface area contributed by atoms with Crippen LogP contribution in [0.4, 0.5) is 0 Å². The van der Waals surface area contributed by atoms with Crippen LogP contribution in [0, 0.1) is 12.8 Å². The van der Waals surface area contributed by atoms with E-state index >= 15 is 0 Å². The number of rotatable bonds is 6. The van der Waals surface area contributed by atoms with Gasteiger partial charge >= 0.3 is 5.97 Å². The Morgan fingerprint density at radius 3 is 2.67 bits per heavy atom. The Hall–Kier alpha value is -1.91. The van der Waals surface area contributed by atoms with Crippen molar-refractivity contribution in [1.29, 1.82) is 0 Å². The van der Waals surface area contributed by atoms with Crippen LogP contribution in [0.1, 0.15) is 65.1 Å². The van der Waals surface area contributed by atoms with Crippen LogP contribution in [0.3, 0.4) is 0 Å². The van der Waals surface area contributed by atoms with Crippen molar-refractivity contribution in [2.24, 2.45) is 5.92 Å². The third-order valence-corrected chi connectivity index (χ3v) is 4.10. The molecule has 1 heterocycles. The first-order valence-corrected chi connectivity index (χ1v) is 7.57. The summed E-state index contributed by atoms with van der Waals surface area (Å²) in [5.74, 6) is -0.429. The van der Waals surface area contributed by atoms with Crippen LogP contribution in [0.25, 0.3) is 0 Å². The van der Waals surface area contributed by atoms with Crippen LogP contribution < -0.4 is 5.32 Å². The second-order valence-corrected chi connectivity index (χ2v) is 5.68. The Kier molecular flexibility index (Phi) is 5.31. The molecule has 1 amide bonds. The number of aryl methyl sites for hydroxylation is 1. The molecule has 0 atom stereocenters. The molecule has 0 bridgehead atoms. The average molecular weight is 290 g/mol. The zero-order valence-corrected chi connectivity index (χ0v) is 12.4. The molecule has 0 spiro atoms. The fraction of sp³-hybridized carbons (Fsp3) is 0.562. The minimum atomic E-state index is -1.02. The van der Waals surface area contributed by atoms with Gasteiger partial charge in [-0.2, -0.15) is 0 Å². The molecular formula is C16H22N2O3. The number of aromatic nitrogens is 1. The summed E-state index contributed by atoms with van der Waals surface area (Å²) in [6, 6.07) is 2.89. The number of carbonyl (C=O) groups excluding carboxylic acids is 1. The van der Waals surface area contributed by atoms with Crippen molar-refractivity contribution in [2.75, 3.05) is 6.54 Å². The Labute approximate surface area is 124 Å². The number of aromatic carboxylic acids is 1. The lowest BCUT2D eigenvalue weighted by Crippen LogP contribution is -2.26. The Morgan fingerprint density at radius 1 is 1.33 bits per heavy atom. The van der Waals surface area contributed by atoms with Gasteiger partial charge in [-0.1, -0.05) is 25.7 Å². The highest BCUT2D eigenvalue weighted by Gasteiger charge is 2.15. The van der Waals surface area contributed by atoms with E-state index in [9.17, 15) is 9.59 Å². The number of hydrogen-bond acceptors (Lipinski definition) is 3. The molecule has 0 radical (unpaired) electrons. The molecule has 0 aliphatic heterocycles. The van der Waals surface area contributed by atoms with Gasteiger partial charge in [0.15, 0.2) is 0 Å². The SMILES string of the molecule is Cc1nc(C(=O)NCCCC2CCCC2)ccc1C(=O)O. The van der Waals surface area contributed by atoms with E-state index < -0.39 is 5.97 Å². The smallest absolute Gasteiger partial charge is 0.337 e. The molecular weight excluding hydrogens is 268 g/mol. The van der Waals surface area contributed by atoms with Crippen molar-refractivity contribution in [3.05, 3.63) is 29.1 Å². The largest absolute Gasteiger partial charge is 0.478 e. The minimum Gasteiger partial charge on any atom is -0.478 e. The second-order valence-electron chi connectivity index (χ2n) is 5.68. The molecule has 5 nitrogen and oxygen atoms in total. The molecule has 5 heteroatoms. The molecule has 1 aromatic rings.